The number of carbonyl (C=O) groups excluding carboxylic acids is 2. The Labute approximate surface area is 108 Å². The lowest BCUT2D eigenvalue weighted by Gasteiger charge is -2.14. The second kappa shape index (κ2) is 5.89. The van der Waals surface area contributed by atoms with Gasteiger partial charge in [-0.15, -0.1) is 0 Å². The van der Waals surface area contributed by atoms with Gasteiger partial charge in [0.2, 0.25) is 0 Å². The Kier molecular flexibility index (Phi) is 4.52. The van der Waals surface area contributed by atoms with E-state index in [1.807, 2.05) is 11.4 Å². The van der Waals surface area contributed by atoms with Gasteiger partial charge < -0.3 is 10.5 Å². The molecular formula is C11H10ClN3O3. The number of halogens is 1. The maximum Gasteiger partial charge on any atom is 0.318 e. The van der Waals surface area contributed by atoms with Crippen LogP contribution in [-0.4, -0.2) is 18.0 Å². The molecule has 1 atom stereocenters. The van der Waals surface area contributed by atoms with Crippen LogP contribution >= 0.6 is 11.6 Å². The maximum absolute atomic E-state index is 11.4. The zero-order valence-corrected chi connectivity index (χ0v) is 10.2. The summed E-state index contributed by atoms with van der Waals surface area (Å²) in [6.45, 7) is 1.44. The summed E-state index contributed by atoms with van der Waals surface area (Å²) in [5, 5.41) is 10.7. The number of carbonyl (C=O) groups is 2. The molecule has 3 amide bonds. The van der Waals surface area contributed by atoms with Crippen LogP contribution in [0, 0.1) is 11.3 Å². The van der Waals surface area contributed by atoms with Gasteiger partial charge in [0.25, 0.3) is 5.91 Å². The molecule has 18 heavy (non-hydrogen) atoms. The van der Waals surface area contributed by atoms with Crippen LogP contribution in [-0.2, 0) is 4.79 Å². The third-order valence-corrected chi connectivity index (χ3v) is 2.28. The minimum absolute atomic E-state index is 0.202. The van der Waals surface area contributed by atoms with Crippen LogP contribution in [0.5, 0.6) is 5.75 Å². The lowest BCUT2D eigenvalue weighted by molar-refractivity contribution is -0.126. The van der Waals surface area contributed by atoms with E-state index in [4.69, 9.17) is 27.3 Å². The average molecular weight is 268 g/mol. The van der Waals surface area contributed by atoms with Gasteiger partial charge in [0.05, 0.1) is 16.7 Å². The Morgan fingerprint density at radius 1 is 1.56 bits per heavy atom. The van der Waals surface area contributed by atoms with E-state index in [1.54, 1.807) is 0 Å². The zero-order chi connectivity index (χ0) is 13.7. The van der Waals surface area contributed by atoms with Crippen LogP contribution in [0.15, 0.2) is 18.2 Å². The van der Waals surface area contributed by atoms with Crippen LogP contribution < -0.4 is 15.8 Å². The highest BCUT2D eigenvalue weighted by Crippen LogP contribution is 2.26. The van der Waals surface area contributed by atoms with Crippen molar-refractivity contribution in [1.82, 2.24) is 5.32 Å². The molecule has 3 N–H and O–H groups in total. The molecule has 0 saturated heterocycles. The highest BCUT2D eigenvalue weighted by molar-refractivity contribution is 6.32. The van der Waals surface area contributed by atoms with Crippen LogP contribution in [0.2, 0.25) is 5.02 Å². The fourth-order valence-electron chi connectivity index (χ4n) is 1.13. The van der Waals surface area contributed by atoms with Crippen molar-refractivity contribution in [3.63, 3.8) is 0 Å². The van der Waals surface area contributed by atoms with Gasteiger partial charge in [-0.25, -0.2) is 4.79 Å². The van der Waals surface area contributed by atoms with Gasteiger partial charge >= 0.3 is 6.03 Å². The molecule has 94 valence electrons. The highest BCUT2D eigenvalue weighted by atomic mass is 35.5. The van der Waals surface area contributed by atoms with Crippen molar-refractivity contribution >= 4 is 23.5 Å². The van der Waals surface area contributed by atoms with Crippen molar-refractivity contribution in [2.45, 2.75) is 13.0 Å². The third-order valence-electron chi connectivity index (χ3n) is 1.98. The Morgan fingerprint density at radius 2 is 2.22 bits per heavy atom. The molecule has 7 heteroatoms. The second-order valence-electron chi connectivity index (χ2n) is 3.37. The molecule has 0 radical (unpaired) electrons. The van der Waals surface area contributed by atoms with Crippen molar-refractivity contribution in [2.24, 2.45) is 5.73 Å². The number of imide groups is 1. The molecule has 0 bridgehead atoms. The van der Waals surface area contributed by atoms with E-state index in [1.165, 1.54) is 25.1 Å². The number of hydrogen-bond acceptors (Lipinski definition) is 4. The van der Waals surface area contributed by atoms with E-state index in [0.29, 0.717) is 5.56 Å². The molecule has 1 rings (SSSR count). The predicted octanol–water partition coefficient (Wildman–Crippen LogP) is 1.17. The number of amides is 3. The summed E-state index contributed by atoms with van der Waals surface area (Å²) < 4.78 is 5.25. The minimum atomic E-state index is -0.957. The molecule has 6 nitrogen and oxygen atoms in total. The lowest BCUT2D eigenvalue weighted by Crippen LogP contribution is -2.42. The zero-order valence-electron chi connectivity index (χ0n) is 9.44. The van der Waals surface area contributed by atoms with Crippen molar-refractivity contribution in [3.8, 4) is 11.8 Å². The van der Waals surface area contributed by atoms with Crippen LogP contribution in [0.1, 0.15) is 12.5 Å². The Bertz CT molecular complexity index is 525. The first-order valence-corrected chi connectivity index (χ1v) is 5.28. The second-order valence-corrected chi connectivity index (χ2v) is 3.78. The summed E-state index contributed by atoms with van der Waals surface area (Å²) in [5.41, 5.74) is 5.18. The first kappa shape index (κ1) is 13.8. The fraction of sp³-hybridized carbons (Fsp3) is 0.182. The standard InChI is InChI=1S/C11H10ClN3O3/c1-6(10(16)15-11(14)17)18-9-3-2-7(5-13)4-8(9)12/h2-4,6H,1H3,(H3,14,15,16,17). The molecule has 1 unspecified atom stereocenters. The number of nitrogens with two attached hydrogens (primary N) is 1. The predicted molar refractivity (Wildman–Crippen MR) is 64.0 cm³/mol. The molecule has 0 aliphatic heterocycles. The summed E-state index contributed by atoms with van der Waals surface area (Å²) >= 11 is 5.86. The average Bonchev–Trinajstić information content (AvgIpc) is 2.30. The van der Waals surface area contributed by atoms with Crippen molar-refractivity contribution in [1.29, 1.82) is 5.26 Å². The topological polar surface area (TPSA) is 105 Å². The first-order valence-electron chi connectivity index (χ1n) is 4.90. The Morgan fingerprint density at radius 3 is 2.72 bits per heavy atom. The number of nitriles is 1. The molecule has 0 aliphatic rings. The van der Waals surface area contributed by atoms with Gasteiger partial charge in [-0.05, 0) is 25.1 Å². The normalized spacial score (nSPS) is 11.2. The van der Waals surface area contributed by atoms with E-state index >= 15 is 0 Å². The van der Waals surface area contributed by atoms with Crippen molar-refractivity contribution in [3.05, 3.63) is 28.8 Å². The Hall–Kier alpha value is -2.26. The summed E-state index contributed by atoms with van der Waals surface area (Å²) in [6, 6.07) is 5.34. The number of nitrogens with one attached hydrogen (secondary N) is 1. The number of rotatable bonds is 3. The third kappa shape index (κ3) is 3.64. The summed E-state index contributed by atoms with van der Waals surface area (Å²) in [6.07, 6.45) is -0.942. The number of primary amides is 1. The monoisotopic (exact) mass is 267 g/mol. The largest absolute Gasteiger partial charge is 0.479 e. The molecule has 0 spiro atoms. The van der Waals surface area contributed by atoms with Crippen molar-refractivity contribution < 1.29 is 14.3 Å². The lowest BCUT2D eigenvalue weighted by atomic mass is 10.2. The van der Waals surface area contributed by atoms with E-state index < -0.39 is 18.0 Å². The van der Waals surface area contributed by atoms with E-state index in [0.717, 1.165) is 0 Å². The molecule has 0 saturated carbocycles. The fourth-order valence-corrected chi connectivity index (χ4v) is 1.36. The number of hydrogen-bond donors (Lipinski definition) is 2. The van der Waals surface area contributed by atoms with Crippen LogP contribution in [0.4, 0.5) is 4.79 Å². The van der Waals surface area contributed by atoms with Gasteiger partial charge in [0.1, 0.15) is 5.75 Å². The molecule has 1 aromatic rings. The van der Waals surface area contributed by atoms with Gasteiger partial charge in [-0.2, -0.15) is 5.26 Å². The Balaban J connectivity index is 2.76. The quantitative estimate of drug-likeness (QED) is 0.857. The number of benzene rings is 1. The smallest absolute Gasteiger partial charge is 0.318 e. The summed E-state index contributed by atoms with van der Waals surface area (Å²) in [7, 11) is 0. The molecule has 1 aromatic carbocycles. The van der Waals surface area contributed by atoms with Crippen LogP contribution in [0.25, 0.3) is 0 Å². The van der Waals surface area contributed by atoms with Gasteiger partial charge in [0.15, 0.2) is 6.10 Å². The minimum Gasteiger partial charge on any atom is -0.479 e. The SMILES string of the molecule is CC(Oc1ccc(C#N)cc1Cl)C(=O)NC(N)=O. The van der Waals surface area contributed by atoms with Crippen molar-refractivity contribution in [2.75, 3.05) is 0 Å². The number of ether oxygens (including phenoxy) is 1. The number of urea groups is 1. The van der Waals surface area contributed by atoms with Gasteiger partial charge in [0, 0.05) is 0 Å². The van der Waals surface area contributed by atoms with Gasteiger partial charge in [-0.3, -0.25) is 10.1 Å². The van der Waals surface area contributed by atoms with Gasteiger partial charge in [-0.1, -0.05) is 11.6 Å². The highest BCUT2D eigenvalue weighted by Gasteiger charge is 2.17. The first-order chi connectivity index (χ1) is 8.43. The summed E-state index contributed by atoms with van der Waals surface area (Å²) in [5.74, 6) is -0.439. The molecule has 0 aliphatic carbocycles. The van der Waals surface area contributed by atoms with E-state index in [9.17, 15) is 9.59 Å². The molecule has 0 aromatic heterocycles. The maximum atomic E-state index is 11.4. The van der Waals surface area contributed by atoms with E-state index in [-0.39, 0.29) is 10.8 Å². The van der Waals surface area contributed by atoms with E-state index in [2.05, 4.69) is 0 Å². The van der Waals surface area contributed by atoms with Crippen LogP contribution in [0.3, 0.4) is 0 Å². The summed E-state index contributed by atoms with van der Waals surface area (Å²) in [4.78, 5) is 21.8. The molecule has 0 fully saturated rings. The molecular weight excluding hydrogens is 258 g/mol. The number of nitrogens with zero attached hydrogens (tertiary/aromatic N) is 1. The molecule has 0 heterocycles.